The van der Waals surface area contributed by atoms with Gasteiger partial charge in [0.2, 0.25) is 5.43 Å². The molecule has 2 heterocycles. The van der Waals surface area contributed by atoms with Gasteiger partial charge in [0.05, 0.1) is 11.0 Å². The summed E-state index contributed by atoms with van der Waals surface area (Å²) in [4.78, 5) is 50.6. The highest BCUT2D eigenvalue weighted by molar-refractivity contribution is 5.79. The maximum absolute atomic E-state index is 11.6. The predicted molar refractivity (Wildman–Crippen MR) is 114 cm³/mol. The number of aromatic hydroxyl groups is 2. The lowest BCUT2D eigenvalue weighted by atomic mass is 10.1. The molecule has 0 aliphatic rings. The summed E-state index contributed by atoms with van der Waals surface area (Å²) in [5.41, 5.74) is 0.606. The van der Waals surface area contributed by atoms with Crippen LogP contribution in [0.1, 0.15) is 11.1 Å². The van der Waals surface area contributed by atoms with Crippen molar-refractivity contribution in [1.82, 2.24) is 9.97 Å². The van der Waals surface area contributed by atoms with E-state index < -0.39 is 28.0 Å². The van der Waals surface area contributed by atoms with Crippen LogP contribution in [0.25, 0.3) is 21.8 Å². The maximum atomic E-state index is 11.6. The summed E-state index contributed by atoms with van der Waals surface area (Å²) >= 11 is 0. The Bertz CT molecular complexity index is 1510. The fourth-order valence-corrected chi connectivity index (χ4v) is 2.88. The van der Waals surface area contributed by atoms with Crippen molar-refractivity contribution >= 4 is 21.8 Å². The van der Waals surface area contributed by atoms with E-state index in [4.69, 9.17) is 0 Å². The molecule has 30 heavy (non-hydrogen) atoms. The van der Waals surface area contributed by atoms with Crippen LogP contribution in [0.5, 0.6) is 11.5 Å². The van der Waals surface area contributed by atoms with Gasteiger partial charge < -0.3 is 20.2 Å². The molecule has 0 bridgehead atoms. The number of fused-ring (bicyclic) bond motifs is 2. The normalized spacial score (nSPS) is 10.5. The summed E-state index contributed by atoms with van der Waals surface area (Å²) in [6, 6.07) is 12.0. The van der Waals surface area contributed by atoms with E-state index in [-0.39, 0.29) is 5.43 Å². The molecule has 0 spiro atoms. The van der Waals surface area contributed by atoms with Crippen molar-refractivity contribution in [1.29, 1.82) is 0 Å². The van der Waals surface area contributed by atoms with Gasteiger partial charge in [-0.3, -0.25) is 19.2 Å². The van der Waals surface area contributed by atoms with Gasteiger partial charge in [0, 0.05) is 22.9 Å². The Morgan fingerprint density at radius 1 is 0.667 bits per heavy atom. The van der Waals surface area contributed by atoms with Crippen LogP contribution in [-0.4, -0.2) is 20.2 Å². The second-order valence-electron chi connectivity index (χ2n) is 6.79. The lowest BCUT2D eigenvalue weighted by molar-refractivity contribution is 0.468. The lowest BCUT2D eigenvalue weighted by Crippen LogP contribution is -2.00. The summed E-state index contributed by atoms with van der Waals surface area (Å²) in [5, 5.41) is 19.2. The minimum atomic E-state index is -0.661. The van der Waals surface area contributed by atoms with Gasteiger partial charge >= 0.3 is 0 Å². The molecular weight excluding hydrogens is 388 g/mol. The molecule has 4 rings (SSSR count). The van der Waals surface area contributed by atoms with E-state index in [9.17, 15) is 29.4 Å². The van der Waals surface area contributed by atoms with E-state index in [2.05, 4.69) is 9.97 Å². The first-order valence-corrected chi connectivity index (χ1v) is 8.89. The number of benzene rings is 2. The number of hydrogen-bond donors (Lipinski definition) is 4. The maximum Gasteiger partial charge on any atom is 0.290 e. The first-order valence-electron chi connectivity index (χ1n) is 8.89. The molecule has 4 N–H and O–H groups in total. The quantitative estimate of drug-likeness (QED) is 0.351. The first-order chi connectivity index (χ1) is 14.2. The van der Waals surface area contributed by atoms with E-state index in [0.29, 0.717) is 21.8 Å². The highest BCUT2D eigenvalue weighted by Gasteiger charge is 2.03. The van der Waals surface area contributed by atoms with Crippen molar-refractivity contribution in [3.05, 3.63) is 101 Å². The molecule has 0 unspecified atom stereocenters. The highest BCUT2D eigenvalue weighted by Crippen LogP contribution is 2.10. The Kier molecular flexibility index (Phi) is 5.50. The molecule has 0 saturated heterocycles. The molecule has 0 aliphatic heterocycles. The molecular formula is C22H18N2O6. The number of nitrogens with one attached hydrogen (secondary N) is 2. The molecule has 2 aromatic heterocycles. The van der Waals surface area contributed by atoms with Gasteiger partial charge in [0.1, 0.15) is 0 Å². The van der Waals surface area contributed by atoms with Crippen molar-refractivity contribution < 1.29 is 10.2 Å². The Morgan fingerprint density at radius 3 is 1.87 bits per heavy atom. The molecule has 0 radical (unpaired) electrons. The summed E-state index contributed by atoms with van der Waals surface area (Å²) in [7, 11) is 0. The molecule has 0 aliphatic carbocycles. The van der Waals surface area contributed by atoms with Crippen LogP contribution >= 0.6 is 0 Å². The van der Waals surface area contributed by atoms with Crippen LogP contribution in [0.4, 0.5) is 0 Å². The summed E-state index contributed by atoms with van der Waals surface area (Å²) in [5.74, 6) is -1.09. The second kappa shape index (κ2) is 8.04. The summed E-state index contributed by atoms with van der Waals surface area (Å²) in [6.45, 7) is 3.69. The van der Waals surface area contributed by atoms with Gasteiger partial charge in [-0.2, -0.15) is 0 Å². The molecule has 0 saturated carbocycles. The summed E-state index contributed by atoms with van der Waals surface area (Å²) in [6.07, 6.45) is 0. The Morgan fingerprint density at radius 2 is 1.23 bits per heavy atom. The zero-order chi connectivity index (χ0) is 22.0. The van der Waals surface area contributed by atoms with Gasteiger partial charge in [-0.25, -0.2) is 0 Å². The predicted octanol–water partition coefficient (Wildman–Crippen LogP) is 1.80. The molecule has 8 nitrogen and oxygen atoms in total. The van der Waals surface area contributed by atoms with E-state index >= 15 is 0 Å². The fourth-order valence-electron chi connectivity index (χ4n) is 2.88. The van der Waals surface area contributed by atoms with Crippen LogP contribution < -0.4 is 22.0 Å². The van der Waals surface area contributed by atoms with Crippen LogP contribution in [-0.2, 0) is 0 Å². The van der Waals surface area contributed by atoms with Crippen molar-refractivity contribution in [2.75, 3.05) is 0 Å². The number of hydrogen-bond acceptors (Lipinski definition) is 6. The Balaban J connectivity index is 0.000000171. The molecule has 0 amide bonds. The van der Waals surface area contributed by atoms with Crippen molar-refractivity contribution in [2.24, 2.45) is 0 Å². The van der Waals surface area contributed by atoms with Gasteiger partial charge in [0.15, 0.2) is 16.9 Å². The van der Waals surface area contributed by atoms with Crippen LogP contribution in [0.15, 0.2) is 67.7 Å². The largest absolute Gasteiger partial charge is 0.504 e. The number of H-pyrrole nitrogens is 2. The molecule has 0 fully saturated rings. The lowest BCUT2D eigenvalue weighted by Gasteiger charge is -1.93. The van der Waals surface area contributed by atoms with E-state index in [1.54, 1.807) is 36.4 Å². The number of aryl methyl sites for hydroxylation is 2. The minimum absolute atomic E-state index is 0.314. The van der Waals surface area contributed by atoms with E-state index in [1.165, 1.54) is 0 Å². The van der Waals surface area contributed by atoms with Gasteiger partial charge in [0.25, 0.3) is 11.1 Å². The summed E-state index contributed by atoms with van der Waals surface area (Å²) < 4.78 is 0. The molecule has 8 heteroatoms. The Labute approximate surface area is 168 Å². The van der Waals surface area contributed by atoms with E-state index in [1.807, 2.05) is 13.8 Å². The van der Waals surface area contributed by atoms with Crippen molar-refractivity contribution in [2.45, 2.75) is 13.8 Å². The Hall–Kier alpha value is -4.20. The van der Waals surface area contributed by atoms with Crippen molar-refractivity contribution in [3.8, 4) is 11.5 Å². The highest BCUT2D eigenvalue weighted by atomic mass is 16.3. The topological polar surface area (TPSA) is 140 Å². The van der Waals surface area contributed by atoms with Gasteiger partial charge in [-0.15, -0.1) is 0 Å². The van der Waals surface area contributed by atoms with Crippen LogP contribution in [0, 0.1) is 13.8 Å². The first kappa shape index (κ1) is 20.5. The van der Waals surface area contributed by atoms with Gasteiger partial charge in [-0.1, -0.05) is 23.3 Å². The minimum Gasteiger partial charge on any atom is -0.504 e. The third kappa shape index (κ3) is 4.27. The standard InChI is InChI=1S/2C11H9NO3/c1-6-2-3-8-7(4-6)11(15)9(13)5-10(14)12-8;1-6-2-3-8-7(4-6)9(13)5-10(14)11(15)12-8/h2-5H,1H3,(H,12,14)(H,13,15);2-5,14H,1H3,(H,12,15). The average molecular weight is 406 g/mol. The molecule has 0 atom stereocenters. The molecule has 2 aromatic carbocycles. The van der Waals surface area contributed by atoms with E-state index in [0.717, 1.165) is 23.3 Å². The monoisotopic (exact) mass is 406 g/mol. The smallest absolute Gasteiger partial charge is 0.290 e. The van der Waals surface area contributed by atoms with Crippen LogP contribution in [0.3, 0.4) is 0 Å². The zero-order valence-electron chi connectivity index (χ0n) is 16.1. The zero-order valence-corrected chi connectivity index (χ0v) is 16.1. The van der Waals surface area contributed by atoms with Crippen LogP contribution in [0.2, 0.25) is 0 Å². The number of aromatic amines is 2. The second-order valence-corrected chi connectivity index (χ2v) is 6.79. The average Bonchev–Trinajstić information content (AvgIpc) is 2.86. The molecule has 4 aromatic rings. The van der Waals surface area contributed by atoms with Crippen molar-refractivity contribution in [3.63, 3.8) is 0 Å². The third-order valence-corrected chi connectivity index (χ3v) is 4.37. The number of rotatable bonds is 0. The van der Waals surface area contributed by atoms with Gasteiger partial charge in [-0.05, 0) is 38.1 Å². The fraction of sp³-hybridized carbons (Fsp3) is 0.0909. The SMILES string of the molecule is Cc1ccc2[nH]c(=O)c(O)cc(=O)c2c1.Cc1ccc2[nH]c(=O)cc(O)c(=O)c2c1. The third-order valence-electron chi connectivity index (χ3n) is 4.37. The number of aromatic nitrogens is 2. The molecule has 152 valence electrons.